The van der Waals surface area contributed by atoms with E-state index in [2.05, 4.69) is 21.2 Å². The summed E-state index contributed by atoms with van der Waals surface area (Å²) in [5, 5.41) is 11.8. The highest BCUT2D eigenvalue weighted by Gasteiger charge is 2.39. The third kappa shape index (κ3) is 3.31. The van der Waals surface area contributed by atoms with Crippen LogP contribution in [-0.2, 0) is 9.53 Å². The van der Waals surface area contributed by atoms with Crippen LogP contribution in [0.1, 0.15) is 22.5 Å². The molecule has 1 saturated heterocycles. The van der Waals surface area contributed by atoms with Gasteiger partial charge in [0.25, 0.3) is 5.91 Å². The van der Waals surface area contributed by atoms with Crippen LogP contribution in [0, 0.1) is 0 Å². The van der Waals surface area contributed by atoms with Gasteiger partial charge in [0.05, 0.1) is 30.6 Å². The smallest absolute Gasteiger partial charge is 0.305 e. The Labute approximate surface area is 128 Å². The quantitative estimate of drug-likeness (QED) is 0.834. The Bertz CT molecular complexity index is 524. The van der Waals surface area contributed by atoms with E-state index in [1.54, 1.807) is 6.07 Å². The van der Waals surface area contributed by atoms with Gasteiger partial charge in [-0.2, -0.15) is 0 Å². The molecule has 0 saturated carbocycles. The van der Waals surface area contributed by atoms with Crippen LogP contribution in [0.4, 0.5) is 0 Å². The van der Waals surface area contributed by atoms with Crippen molar-refractivity contribution >= 4 is 39.1 Å². The first-order valence-corrected chi connectivity index (χ1v) is 7.52. The van der Waals surface area contributed by atoms with E-state index in [0.717, 1.165) is 3.79 Å². The van der Waals surface area contributed by atoms with Crippen LogP contribution in [0.5, 0.6) is 5.75 Å². The van der Waals surface area contributed by atoms with Gasteiger partial charge in [-0.25, -0.2) is 0 Å². The number of carbonyl (C=O) groups excluding carboxylic acids is 1. The zero-order valence-corrected chi connectivity index (χ0v) is 13.2. The van der Waals surface area contributed by atoms with E-state index < -0.39 is 11.5 Å². The molecule has 110 valence electrons. The molecule has 1 atom stereocenters. The van der Waals surface area contributed by atoms with Crippen LogP contribution in [0.15, 0.2) is 9.85 Å². The van der Waals surface area contributed by atoms with Gasteiger partial charge < -0.3 is 19.9 Å². The predicted octanol–water partition coefficient (Wildman–Crippen LogP) is 1.88. The molecule has 2 heterocycles. The van der Waals surface area contributed by atoms with Gasteiger partial charge in [0.1, 0.15) is 9.54 Å². The fourth-order valence-electron chi connectivity index (χ4n) is 2.08. The largest absolute Gasteiger partial charge is 0.495 e. The maximum absolute atomic E-state index is 12.2. The first kappa shape index (κ1) is 15.3. The lowest BCUT2D eigenvalue weighted by Gasteiger charge is -2.26. The van der Waals surface area contributed by atoms with Crippen molar-refractivity contribution in [2.45, 2.75) is 18.4 Å². The number of ether oxygens (including phenoxy) is 2. The maximum atomic E-state index is 12.2. The first-order valence-electron chi connectivity index (χ1n) is 5.91. The Morgan fingerprint density at radius 2 is 2.40 bits per heavy atom. The zero-order chi connectivity index (χ0) is 14.8. The van der Waals surface area contributed by atoms with E-state index in [0.29, 0.717) is 23.7 Å². The topological polar surface area (TPSA) is 84.9 Å². The number of carbonyl (C=O) groups is 2. The van der Waals surface area contributed by atoms with Crippen LogP contribution in [0.2, 0.25) is 0 Å². The molecule has 20 heavy (non-hydrogen) atoms. The molecule has 0 aromatic carbocycles. The third-order valence-electron chi connectivity index (χ3n) is 3.07. The Hall–Kier alpha value is -1.12. The van der Waals surface area contributed by atoms with Crippen molar-refractivity contribution in [2.24, 2.45) is 0 Å². The molecule has 0 spiro atoms. The summed E-state index contributed by atoms with van der Waals surface area (Å²) >= 11 is 4.55. The summed E-state index contributed by atoms with van der Waals surface area (Å²) in [5.74, 6) is -0.693. The van der Waals surface area contributed by atoms with E-state index in [4.69, 9.17) is 14.6 Å². The number of rotatable bonds is 5. The number of thiophene rings is 1. The molecule has 0 radical (unpaired) electrons. The van der Waals surface area contributed by atoms with E-state index >= 15 is 0 Å². The van der Waals surface area contributed by atoms with E-state index in [1.807, 2.05) is 0 Å². The Balaban J connectivity index is 2.13. The fourth-order valence-corrected chi connectivity index (χ4v) is 3.63. The summed E-state index contributed by atoms with van der Waals surface area (Å²) in [6.45, 7) is 0.666. The van der Waals surface area contributed by atoms with Gasteiger partial charge in [0, 0.05) is 12.7 Å². The molecule has 0 bridgehead atoms. The van der Waals surface area contributed by atoms with Crippen LogP contribution in [-0.4, -0.2) is 42.8 Å². The molecule has 1 aliphatic rings. The van der Waals surface area contributed by atoms with Gasteiger partial charge in [-0.3, -0.25) is 9.59 Å². The predicted molar refractivity (Wildman–Crippen MR) is 76.5 cm³/mol. The van der Waals surface area contributed by atoms with Gasteiger partial charge in [-0.15, -0.1) is 11.3 Å². The lowest BCUT2D eigenvalue weighted by Crippen LogP contribution is -2.50. The molecule has 1 aromatic heterocycles. The van der Waals surface area contributed by atoms with Crippen LogP contribution in [0.25, 0.3) is 0 Å². The third-order valence-corrected chi connectivity index (χ3v) is 4.85. The highest BCUT2D eigenvalue weighted by Crippen LogP contribution is 2.35. The average molecular weight is 364 g/mol. The molecule has 1 fully saturated rings. The summed E-state index contributed by atoms with van der Waals surface area (Å²) < 4.78 is 11.1. The molecule has 1 unspecified atom stereocenters. The number of methoxy groups -OCH3 is 1. The standard InChI is InChI=1S/C12H14BrNO5S/c1-18-7-4-8(20-10(7)13)11(17)14-12(5-9(15)16)2-3-19-6-12/h4H,2-3,5-6H2,1H3,(H,14,17)(H,15,16). The zero-order valence-electron chi connectivity index (χ0n) is 10.8. The monoisotopic (exact) mass is 363 g/mol. The number of aliphatic carboxylic acids is 1. The first-order chi connectivity index (χ1) is 9.46. The van der Waals surface area contributed by atoms with Crippen LogP contribution >= 0.6 is 27.3 Å². The molecule has 0 aliphatic carbocycles. The molecule has 1 amide bonds. The highest BCUT2D eigenvalue weighted by atomic mass is 79.9. The van der Waals surface area contributed by atoms with Gasteiger partial charge in [-0.1, -0.05) is 0 Å². The average Bonchev–Trinajstić information content (AvgIpc) is 2.95. The molecule has 1 aromatic rings. The van der Waals surface area contributed by atoms with Gasteiger partial charge in [-0.05, 0) is 22.4 Å². The molecular weight excluding hydrogens is 350 g/mol. The SMILES string of the molecule is COc1cc(C(=O)NC2(CC(=O)O)CCOC2)sc1Br. The lowest BCUT2D eigenvalue weighted by atomic mass is 9.94. The Morgan fingerprint density at radius 3 is 2.90 bits per heavy atom. The second-order valence-corrected chi connectivity index (χ2v) is 6.93. The summed E-state index contributed by atoms with van der Waals surface area (Å²) in [7, 11) is 1.52. The fraction of sp³-hybridized carbons (Fsp3) is 0.500. The minimum absolute atomic E-state index is 0.150. The van der Waals surface area contributed by atoms with Crippen LogP contribution < -0.4 is 10.1 Å². The number of amides is 1. The number of hydrogen-bond donors (Lipinski definition) is 2. The maximum Gasteiger partial charge on any atom is 0.305 e. The summed E-state index contributed by atoms with van der Waals surface area (Å²) in [6.07, 6.45) is 0.344. The molecule has 8 heteroatoms. The van der Waals surface area contributed by atoms with E-state index in [9.17, 15) is 9.59 Å². The number of halogens is 1. The Morgan fingerprint density at radius 1 is 1.65 bits per heavy atom. The molecule has 1 aliphatic heterocycles. The van der Waals surface area contributed by atoms with E-state index in [1.165, 1.54) is 18.4 Å². The minimum atomic E-state index is -0.958. The number of carboxylic acids is 1. The van der Waals surface area contributed by atoms with Crippen molar-refractivity contribution < 1.29 is 24.2 Å². The second kappa shape index (κ2) is 6.11. The molecule has 6 nitrogen and oxygen atoms in total. The molecular formula is C12H14BrNO5S. The van der Waals surface area contributed by atoms with Crippen molar-refractivity contribution in [3.8, 4) is 5.75 Å². The molecule has 2 rings (SSSR count). The normalized spacial score (nSPS) is 21.7. The molecule has 2 N–H and O–H groups in total. The number of nitrogens with one attached hydrogen (secondary N) is 1. The van der Waals surface area contributed by atoms with E-state index in [-0.39, 0.29) is 18.9 Å². The highest BCUT2D eigenvalue weighted by molar-refractivity contribution is 9.11. The lowest BCUT2D eigenvalue weighted by molar-refractivity contribution is -0.138. The van der Waals surface area contributed by atoms with Gasteiger partial charge >= 0.3 is 5.97 Å². The second-order valence-electron chi connectivity index (χ2n) is 4.56. The van der Waals surface area contributed by atoms with Gasteiger partial charge in [0.15, 0.2) is 0 Å². The van der Waals surface area contributed by atoms with Crippen molar-refractivity contribution in [2.75, 3.05) is 20.3 Å². The minimum Gasteiger partial charge on any atom is -0.495 e. The van der Waals surface area contributed by atoms with Crippen molar-refractivity contribution in [1.82, 2.24) is 5.32 Å². The van der Waals surface area contributed by atoms with Crippen LogP contribution in [0.3, 0.4) is 0 Å². The van der Waals surface area contributed by atoms with Gasteiger partial charge in [0.2, 0.25) is 0 Å². The van der Waals surface area contributed by atoms with Crippen molar-refractivity contribution in [1.29, 1.82) is 0 Å². The number of hydrogen-bond acceptors (Lipinski definition) is 5. The summed E-state index contributed by atoms with van der Waals surface area (Å²) in [6, 6.07) is 1.62. The van der Waals surface area contributed by atoms with Crippen molar-refractivity contribution in [3.63, 3.8) is 0 Å². The summed E-state index contributed by atoms with van der Waals surface area (Å²) in [5.41, 5.74) is -0.827. The number of carboxylic acid groups (broad SMARTS) is 1. The Kier molecular flexibility index (Phi) is 4.66. The van der Waals surface area contributed by atoms with Crippen molar-refractivity contribution in [3.05, 3.63) is 14.7 Å². The summed E-state index contributed by atoms with van der Waals surface area (Å²) in [4.78, 5) is 23.7.